The smallest absolute Gasteiger partial charge is 0.295 e. The Balaban J connectivity index is 2.95. The predicted octanol–water partition coefficient (Wildman–Crippen LogP) is 1.83. The maximum absolute atomic E-state index is 12.8. The van der Waals surface area contributed by atoms with Gasteiger partial charge in [0.1, 0.15) is 0 Å². The van der Waals surface area contributed by atoms with Crippen molar-refractivity contribution in [3.63, 3.8) is 0 Å². The molecule has 2 aromatic rings. The average Bonchev–Trinajstić information content (AvgIpc) is 2.53. The van der Waals surface area contributed by atoms with E-state index in [1.165, 1.54) is 44.3 Å². The summed E-state index contributed by atoms with van der Waals surface area (Å²) < 4.78 is 27.0. The van der Waals surface area contributed by atoms with Crippen molar-refractivity contribution < 1.29 is 8.42 Å². The van der Waals surface area contributed by atoms with Crippen molar-refractivity contribution in [2.45, 2.75) is 13.8 Å². The van der Waals surface area contributed by atoms with Crippen LogP contribution in [0.15, 0.2) is 63.6 Å². The van der Waals surface area contributed by atoms with E-state index in [-0.39, 0.29) is 10.3 Å². The topological polar surface area (TPSA) is 78.1 Å². The molecule has 0 N–H and O–H groups in total. The van der Waals surface area contributed by atoms with Crippen LogP contribution < -0.4 is 11.2 Å². The van der Waals surface area contributed by atoms with Crippen molar-refractivity contribution >= 4 is 20.9 Å². The van der Waals surface area contributed by atoms with Crippen molar-refractivity contribution in [2.24, 2.45) is 7.05 Å². The highest BCUT2D eigenvalue weighted by molar-refractivity contribution is 7.94. The SMILES string of the molecule is C=C/C=C\C(=C/C)S(=O)(=O)n1c(=O)c2ccc(C)cc2n(C)c1=O. The molecule has 0 amide bonds. The van der Waals surface area contributed by atoms with E-state index in [4.69, 9.17) is 0 Å². The lowest BCUT2D eigenvalue weighted by atomic mass is 10.2. The molecule has 0 saturated carbocycles. The Bertz CT molecular complexity index is 1100. The van der Waals surface area contributed by atoms with E-state index in [0.29, 0.717) is 9.49 Å². The molecule has 7 heteroatoms. The van der Waals surface area contributed by atoms with Crippen molar-refractivity contribution in [2.75, 3.05) is 0 Å². The lowest BCUT2D eigenvalue weighted by molar-refractivity contribution is 0.587. The molecule has 0 spiro atoms. The van der Waals surface area contributed by atoms with Crippen LogP contribution in [0.1, 0.15) is 12.5 Å². The number of allylic oxidation sites excluding steroid dienone is 4. The molecule has 0 aliphatic rings. The number of nitrogens with zero attached hydrogens (tertiary/aromatic N) is 2. The molecule has 0 unspecified atom stereocenters. The molecule has 0 bridgehead atoms. The second kappa shape index (κ2) is 6.45. The van der Waals surface area contributed by atoms with E-state index in [0.717, 1.165) is 10.1 Å². The first-order chi connectivity index (χ1) is 11.3. The molecule has 1 heterocycles. The number of benzene rings is 1. The Labute approximate surface area is 139 Å². The second-order valence-electron chi connectivity index (χ2n) is 5.22. The maximum atomic E-state index is 12.8. The van der Waals surface area contributed by atoms with Crippen molar-refractivity contribution in [1.82, 2.24) is 8.54 Å². The predicted molar refractivity (Wildman–Crippen MR) is 95.6 cm³/mol. The van der Waals surface area contributed by atoms with Crippen LogP contribution in [0.2, 0.25) is 0 Å². The maximum Gasteiger partial charge on any atom is 0.345 e. The Morgan fingerprint density at radius 2 is 1.92 bits per heavy atom. The molecule has 0 aliphatic carbocycles. The summed E-state index contributed by atoms with van der Waals surface area (Å²) in [6, 6.07) is 4.88. The van der Waals surface area contributed by atoms with Crippen molar-refractivity contribution in [3.8, 4) is 0 Å². The zero-order valence-electron chi connectivity index (χ0n) is 13.7. The molecule has 0 fully saturated rings. The molecule has 0 saturated heterocycles. The van der Waals surface area contributed by atoms with E-state index < -0.39 is 21.3 Å². The largest absolute Gasteiger partial charge is 0.345 e. The van der Waals surface area contributed by atoms with Crippen LogP contribution in [0, 0.1) is 6.92 Å². The minimum absolute atomic E-state index is 0.159. The molecule has 1 aromatic heterocycles. The van der Waals surface area contributed by atoms with Crippen LogP contribution in [0.4, 0.5) is 0 Å². The molecule has 0 aliphatic heterocycles. The lowest BCUT2D eigenvalue weighted by Gasteiger charge is -2.12. The van der Waals surface area contributed by atoms with Crippen molar-refractivity contribution in [3.05, 3.63) is 80.4 Å². The molecule has 126 valence electrons. The summed E-state index contributed by atoms with van der Waals surface area (Å²) in [6.07, 6.45) is 5.43. The molecule has 0 radical (unpaired) electrons. The van der Waals surface area contributed by atoms with Gasteiger partial charge in [0.25, 0.3) is 15.6 Å². The van der Waals surface area contributed by atoms with E-state index in [2.05, 4.69) is 6.58 Å². The third kappa shape index (κ3) is 2.78. The van der Waals surface area contributed by atoms with Crippen LogP contribution in [0.5, 0.6) is 0 Å². The number of hydrogen-bond acceptors (Lipinski definition) is 4. The third-order valence-electron chi connectivity index (χ3n) is 3.61. The highest BCUT2D eigenvalue weighted by Crippen LogP contribution is 2.13. The summed E-state index contributed by atoms with van der Waals surface area (Å²) in [5.74, 6) is 0. The quantitative estimate of drug-likeness (QED) is 0.791. The van der Waals surface area contributed by atoms with Gasteiger partial charge < -0.3 is 0 Å². The van der Waals surface area contributed by atoms with Gasteiger partial charge in [-0.2, -0.15) is 0 Å². The third-order valence-corrected chi connectivity index (χ3v) is 5.38. The Morgan fingerprint density at radius 3 is 2.50 bits per heavy atom. The summed E-state index contributed by atoms with van der Waals surface area (Å²) in [6.45, 7) is 6.81. The van der Waals surface area contributed by atoms with Crippen molar-refractivity contribution in [1.29, 1.82) is 0 Å². The Hall–Kier alpha value is -2.67. The van der Waals surface area contributed by atoms with Gasteiger partial charge in [0.05, 0.1) is 15.8 Å². The van der Waals surface area contributed by atoms with Gasteiger partial charge in [0, 0.05) is 7.05 Å². The summed E-state index contributed by atoms with van der Waals surface area (Å²) in [5.41, 5.74) is -0.524. The van der Waals surface area contributed by atoms with E-state index >= 15 is 0 Å². The number of rotatable bonds is 4. The van der Waals surface area contributed by atoms with Crippen LogP contribution in [-0.2, 0) is 17.1 Å². The van der Waals surface area contributed by atoms with Crippen LogP contribution >= 0.6 is 0 Å². The molecule has 24 heavy (non-hydrogen) atoms. The fourth-order valence-corrected chi connectivity index (χ4v) is 3.75. The van der Waals surface area contributed by atoms with Gasteiger partial charge in [-0.3, -0.25) is 9.36 Å². The van der Waals surface area contributed by atoms with Gasteiger partial charge in [0.15, 0.2) is 0 Å². The average molecular weight is 346 g/mol. The van der Waals surface area contributed by atoms with Crippen LogP contribution in [-0.4, -0.2) is 17.0 Å². The fourth-order valence-electron chi connectivity index (χ4n) is 2.35. The molecular formula is C17H18N2O4S. The molecular weight excluding hydrogens is 328 g/mol. The van der Waals surface area contributed by atoms with Gasteiger partial charge in [-0.05, 0) is 37.6 Å². The first-order valence-corrected chi connectivity index (χ1v) is 8.63. The van der Waals surface area contributed by atoms with E-state index in [1.54, 1.807) is 12.1 Å². The summed E-state index contributed by atoms with van der Waals surface area (Å²) in [5, 5.41) is 0.162. The number of aryl methyl sites for hydroxylation is 2. The zero-order chi connectivity index (χ0) is 18.1. The van der Waals surface area contributed by atoms with Crippen LogP contribution in [0.25, 0.3) is 10.9 Å². The standard InChI is InChI=1S/C17H18N2O4S/c1-5-7-8-13(6-2)24(22,23)19-16(20)14-10-9-12(3)11-15(14)18(4)17(19)21/h5-11H,1H2,2-4H3/b8-7-,13-6+. The Kier molecular flexibility index (Phi) is 4.75. The van der Waals surface area contributed by atoms with Gasteiger partial charge in [-0.1, -0.05) is 30.9 Å². The second-order valence-corrected chi connectivity index (χ2v) is 7.01. The number of aromatic nitrogens is 2. The number of fused-ring (bicyclic) bond motifs is 1. The first-order valence-electron chi connectivity index (χ1n) is 7.19. The van der Waals surface area contributed by atoms with Gasteiger partial charge in [-0.25, -0.2) is 13.2 Å². The summed E-state index contributed by atoms with van der Waals surface area (Å²) in [4.78, 5) is 25.0. The Morgan fingerprint density at radius 1 is 1.25 bits per heavy atom. The monoisotopic (exact) mass is 346 g/mol. The summed E-state index contributed by atoms with van der Waals surface area (Å²) >= 11 is 0. The van der Waals surface area contributed by atoms with Gasteiger partial charge in [0.2, 0.25) is 0 Å². The normalized spacial score (nSPS) is 12.9. The number of hydrogen-bond donors (Lipinski definition) is 0. The van der Waals surface area contributed by atoms with E-state index in [1.807, 2.05) is 6.92 Å². The minimum atomic E-state index is -4.31. The highest BCUT2D eigenvalue weighted by atomic mass is 32.2. The molecule has 6 nitrogen and oxygen atoms in total. The zero-order valence-corrected chi connectivity index (χ0v) is 14.5. The molecule has 1 aromatic carbocycles. The molecule has 2 rings (SSSR count). The van der Waals surface area contributed by atoms with Gasteiger partial charge >= 0.3 is 5.69 Å². The fraction of sp³-hybridized carbons (Fsp3) is 0.176. The minimum Gasteiger partial charge on any atom is -0.295 e. The highest BCUT2D eigenvalue weighted by Gasteiger charge is 2.24. The summed E-state index contributed by atoms with van der Waals surface area (Å²) in [7, 11) is -2.88. The van der Waals surface area contributed by atoms with Gasteiger partial charge in [-0.15, -0.1) is 3.97 Å². The van der Waals surface area contributed by atoms with Crippen LogP contribution in [0.3, 0.4) is 0 Å². The lowest BCUT2D eigenvalue weighted by Crippen LogP contribution is -2.43. The van der Waals surface area contributed by atoms with E-state index in [9.17, 15) is 18.0 Å². The first kappa shape index (κ1) is 17.7. The molecule has 0 atom stereocenters.